The van der Waals surface area contributed by atoms with Gasteiger partial charge in [-0.15, -0.1) is 0 Å². The van der Waals surface area contributed by atoms with Gasteiger partial charge in [0.15, 0.2) is 5.03 Å². The molecule has 3 aliphatic carbocycles. The molecule has 270 valence electrons. The zero-order valence-corrected chi connectivity index (χ0v) is 29.9. The summed E-state index contributed by atoms with van der Waals surface area (Å²) in [5.41, 5.74) is 6.48. The van der Waals surface area contributed by atoms with Crippen molar-refractivity contribution in [2.24, 2.45) is 39.8 Å². The van der Waals surface area contributed by atoms with Crippen molar-refractivity contribution in [3.63, 3.8) is 0 Å². The largest absolute Gasteiger partial charge is 0.481 e. The molecular formula is C32H56BN7O8. The number of rotatable bonds is 12. The Morgan fingerprint density at radius 2 is 1.81 bits per heavy atom. The number of nitrogens with two attached hydrogens (primary N) is 1. The van der Waals surface area contributed by atoms with Crippen LogP contribution in [0.15, 0.2) is 4.99 Å². The van der Waals surface area contributed by atoms with Crippen molar-refractivity contribution in [3.8, 4) is 0 Å². The van der Waals surface area contributed by atoms with E-state index in [1.54, 1.807) is 10.3 Å². The number of nitro groups is 1. The van der Waals surface area contributed by atoms with Crippen LogP contribution in [0.3, 0.4) is 0 Å². The van der Waals surface area contributed by atoms with Crippen LogP contribution in [0.25, 0.3) is 0 Å². The van der Waals surface area contributed by atoms with E-state index in [1.807, 2.05) is 20.8 Å². The molecule has 2 bridgehead atoms. The Morgan fingerprint density at radius 1 is 1.15 bits per heavy atom. The summed E-state index contributed by atoms with van der Waals surface area (Å²) in [7, 11) is -0.618. The number of carbonyl (C=O) groups excluding carboxylic acids is 3. The summed E-state index contributed by atoms with van der Waals surface area (Å²) in [6.45, 7) is 17.2. The van der Waals surface area contributed by atoms with Gasteiger partial charge in [-0.2, -0.15) is 0 Å². The first kappa shape index (κ1) is 37.7. The molecule has 15 nitrogen and oxygen atoms in total. The zero-order chi connectivity index (χ0) is 35.6. The SMILES string of the molecule is CC(C)C[C@H](NC(=O)[C@H](CCCN=C(N)N[N+](=O)[O-])NC(=O)C1CCN(C(=O)OC(C)(C)C)CC1)B1O[C@@H]2C[C@H]3C[C@H](C3(C)C)[C@]2(C)O1. The van der Waals surface area contributed by atoms with Gasteiger partial charge in [0.05, 0.1) is 17.6 Å². The van der Waals surface area contributed by atoms with Gasteiger partial charge in [0.1, 0.15) is 11.6 Å². The third-order valence-corrected chi connectivity index (χ3v) is 10.6. The van der Waals surface area contributed by atoms with Gasteiger partial charge in [-0.25, -0.2) is 19.9 Å². The quantitative estimate of drug-likeness (QED) is 0.0595. The predicted octanol–water partition coefficient (Wildman–Crippen LogP) is 2.79. The predicted molar refractivity (Wildman–Crippen MR) is 180 cm³/mol. The average molecular weight is 678 g/mol. The molecule has 2 saturated heterocycles. The standard InChI is InChI=1S/C32H56BN7O8/c1-19(2)16-25(33-47-24-18-21-17-23(31(21,6)7)32(24,8)48-33)37-27(42)22(10-9-13-35-28(34)38-40(44)45)36-26(41)20-11-14-39(15-12-20)29(43)46-30(3,4)5/h19-25H,9-18H2,1-8H3,(H,36,41)(H,37,42)(H3,34,35,38)/t21-,22+,23-,24-,25+,32+/m1/s1. The maximum Gasteiger partial charge on any atom is 0.481 e. The van der Waals surface area contributed by atoms with Crippen molar-refractivity contribution in [2.45, 2.75) is 130 Å². The Hall–Kier alpha value is -3.14. The molecule has 5 N–H and O–H groups in total. The van der Waals surface area contributed by atoms with E-state index >= 15 is 0 Å². The molecule has 5 rings (SSSR count). The second kappa shape index (κ2) is 14.8. The Morgan fingerprint density at radius 3 is 2.40 bits per heavy atom. The highest BCUT2D eigenvalue weighted by Crippen LogP contribution is 2.65. The molecule has 0 aromatic carbocycles. The average Bonchev–Trinajstić information content (AvgIpc) is 3.34. The van der Waals surface area contributed by atoms with Gasteiger partial charge in [0, 0.05) is 25.6 Å². The highest BCUT2D eigenvalue weighted by molar-refractivity contribution is 6.48. The molecule has 5 aliphatic rings. The van der Waals surface area contributed by atoms with Crippen molar-refractivity contribution < 1.29 is 33.5 Å². The van der Waals surface area contributed by atoms with Crippen molar-refractivity contribution >= 4 is 31.0 Å². The normalized spacial score (nSPS) is 28.2. The number of hydrazine groups is 1. The highest BCUT2D eigenvalue weighted by atomic mass is 16.7. The number of aliphatic imine (C=N–C) groups is 1. The number of piperidine rings is 1. The Balaban J connectivity index is 1.42. The molecule has 48 heavy (non-hydrogen) atoms. The van der Waals surface area contributed by atoms with Gasteiger partial charge < -0.3 is 35.3 Å². The summed E-state index contributed by atoms with van der Waals surface area (Å²) in [6.07, 6.45) is 3.65. The molecule has 5 fully saturated rings. The Bertz CT molecular complexity index is 1240. The molecule has 0 radical (unpaired) electrons. The van der Waals surface area contributed by atoms with E-state index in [4.69, 9.17) is 19.8 Å². The van der Waals surface area contributed by atoms with Crippen LogP contribution < -0.4 is 21.8 Å². The monoisotopic (exact) mass is 677 g/mol. The number of ether oxygens (including phenoxy) is 1. The summed E-state index contributed by atoms with van der Waals surface area (Å²) in [5, 5.41) is 16.0. The van der Waals surface area contributed by atoms with Crippen LogP contribution in [0.4, 0.5) is 4.79 Å². The fourth-order valence-electron chi connectivity index (χ4n) is 7.93. The summed E-state index contributed by atoms with van der Waals surface area (Å²) in [5.74, 6) is -0.598. The van der Waals surface area contributed by atoms with Gasteiger partial charge in [-0.1, -0.05) is 33.1 Å². The van der Waals surface area contributed by atoms with E-state index in [9.17, 15) is 24.5 Å². The minimum absolute atomic E-state index is 0.0380. The number of carbonyl (C=O) groups is 3. The first-order valence-electron chi connectivity index (χ1n) is 17.4. The van der Waals surface area contributed by atoms with E-state index in [-0.39, 0.29) is 54.1 Å². The molecule has 0 aromatic heterocycles. The fraction of sp³-hybridized carbons (Fsp3) is 0.875. The summed E-state index contributed by atoms with van der Waals surface area (Å²) in [4.78, 5) is 56.2. The minimum atomic E-state index is -0.901. The number of nitrogens with zero attached hydrogens (tertiary/aromatic N) is 3. The van der Waals surface area contributed by atoms with Gasteiger partial charge in [0.25, 0.3) is 5.96 Å². The molecule has 2 aliphatic heterocycles. The van der Waals surface area contributed by atoms with Crippen LogP contribution in [-0.4, -0.2) is 89.8 Å². The van der Waals surface area contributed by atoms with Gasteiger partial charge >= 0.3 is 13.2 Å². The second-order valence-corrected chi connectivity index (χ2v) is 16.2. The van der Waals surface area contributed by atoms with Crippen molar-refractivity contribution in [2.75, 3.05) is 19.6 Å². The van der Waals surface area contributed by atoms with Crippen molar-refractivity contribution in [3.05, 3.63) is 10.1 Å². The second-order valence-electron chi connectivity index (χ2n) is 16.2. The number of hydrogen-bond donors (Lipinski definition) is 4. The summed E-state index contributed by atoms with van der Waals surface area (Å²) >= 11 is 0. The van der Waals surface area contributed by atoms with Crippen LogP contribution >= 0.6 is 0 Å². The number of nitrogens with one attached hydrogen (secondary N) is 3. The lowest BCUT2D eigenvalue weighted by Crippen LogP contribution is -2.65. The fourth-order valence-corrected chi connectivity index (χ4v) is 7.93. The third kappa shape index (κ3) is 8.90. The van der Waals surface area contributed by atoms with Gasteiger partial charge in [0.2, 0.25) is 11.8 Å². The van der Waals surface area contributed by atoms with Crippen LogP contribution in [0.1, 0.15) is 100 Å². The third-order valence-electron chi connectivity index (χ3n) is 10.6. The summed E-state index contributed by atoms with van der Waals surface area (Å²) < 4.78 is 18.7. The van der Waals surface area contributed by atoms with Crippen LogP contribution in [0, 0.1) is 39.2 Å². The van der Waals surface area contributed by atoms with E-state index < -0.39 is 41.4 Å². The molecule has 2 heterocycles. The number of likely N-dealkylation sites (tertiary alicyclic amines) is 1. The number of hydrogen-bond acceptors (Lipinski definition) is 9. The lowest BCUT2D eigenvalue weighted by atomic mass is 9.43. The molecule has 16 heteroatoms. The van der Waals surface area contributed by atoms with Crippen LogP contribution in [0.5, 0.6) is 0 Å². The maximum atomic E-state index is 14.0. The topological polar surface area (TPSA) is 200 Å². The lowest BCUT2D eigenvalue weighted by Gasteiger charge is -2.64. The molecule has 3 amide bonds. The molecule has 3 saturated carbocycles. The smallest absolute Gasteiger partial charge is 0.444 e. The van der Waals surface area contributed by atoms with Crippen molar-refractivity contribution in [1.82, 2.24) is 21.0 Å². The van der Waals surface area contributed by atoms with Gasteiger partial charge in [-0.3, -0.25) is 9.59 Å². The first-order valence-corrected chi connectivity index (χ1v) is 17.4. The zero-order valence-electron chi connectivity index (χ0n) is 29.9. The Kier molecular flexibility index (Phi) is 11.6. The molecule has 6 atom stereocenters. The van der Waals surface area contributed by atoms with Gasteiger partial charge in [-0.05, 0) is 95.8 Å². The van der Waals surface area contributed by atoms with Crippen LogP contribution in [-0.2, 0) is 23.6 Å². The lowest BCUT2D eigenvalue weighted by molar-refractivity contribution is -0.525. The van der Waals surface area contributed by atoms with E-state index in [0.29, 0.717) is 50.6 Å². The molecular weight excluding hydrogens is 621 g/mol. The maximum absolute atomic E-state index is 14.0. The number of guanidine groups is 1. The van der Waals surface area contributed by atoms with E-state index in [0.717, 1.165) is 12.8 Å². The molecule has 0 unspecified atom stereocenters. The molecule has 0 aromatic rings. The Labute approximate surface area is 284 Å². The van der Waals surface area contributed by atoms with E-state index in [1.165, 1.54) is 0 Å². The first-order chi connectivity index (χ1) is 22.3. The van der Waals surface area contributed by atoms with Crippen LogP contribution in [0.2, 0.25) is 0 Å². The molecule has 0 spiro atoms. The number of amides is 3. The highest BCUT2D eigenvalue weighted by Gasteiger charge is 2.68. The van der Waals surface area contributed by atoms with Crippen molar-refractivity contribution in [1.29, 1.82) is 0 Å². The van der Waals surface area contributed by atoms with E-state index in [2.05, 4.69) is 50.2 Å². The minimum Gasteiger partial charge on any atom is -0.444 e. The summed E-state index contributed by atoms with van der Waals surface area (Å²) in [6, 6.07) is -0.901.